The monoisotopic (exact) mass is 199 g/mol. The first-order valence-corrected chi connectivity index (χ1v) is 5.20. The Morgan fingerprint density at radius 2 is 1.36 bits per heavy atom. The molecule has 0 saturated carbocycles. The van der Waals surface area contributed by atoms with E-state index in [1.165, 1.54) is 0 Å². The lowest BCUT2D eigenvalue weighted by atomic mass is 9.61. The van der Waals surface area contributed by atoms with Gasteiger partial charge in [0.05, 0.1) is 5.41 Å². The van der Waals surface area contributed by atoms with Gasteiger partial charge in [0, 0.05) is 0 Å². The van der Waals surface area contributed by atoms with Crippen molar-refractivity contribution >= 4 is 5.91 Å². The summed E-state index contributed by atoms with van der Waals surface area (Å²) < 4.78 is 0. The molecule has 1 amide bonds. The topological polar surface area (TPSA) is 43.1 Å². The first-order valence-electron chi connectivity index (χ1n) is 5.20. The summed E-state index contributed by atoms with van der Waals surface area (Å²) in [5.41, 5.74) is 5.12. The maximum absolute atomic E-state index is 11.6. The van der Waals surface area contributed by atoms with Crippen LogP contribution in [0.3, 0.4) is 0 Å². The lowest BCUT2D eigenvalue weighted by molar-refractivity contribution is -0.135. The van der Waals surface area contributed by atoms with E-state index in [0.717, 1.165) is 6.42 Å². The number of primary amides is 1. The Morgan fingerprint density at radius 3 is 1.43 bits per heavy atom. The normalized spacial score (nSPS) is 17.6. The highest BCUT2D eigenvalue weighted by Gasteiger charge is 2.44. The molecule has 0 spiro atoms. The zero-order valence-corrected chi connectivity index (χ0v) is 10.7. The second kappa shape index (κ2) is 3.56. The maximum atomic E-state index is 11.6. The van der Waals surface area contributed by atoms with Gasteiger partial charge in [-0.15, -0.1) is 0 Å². The summed E-state index contributed by atoms with van der Waals surface area (Å²) >= 11 is 0. The Morgan fingerprint density at radius 1 is 1.00 bits per heavy atom. The van der Waals surface area contributed by atoms with Crippen molar-refractivity contribution in [2.75, 3.05) is 0 Å². The number of rotatable bonds is 2. The molecule has 2 heteroatoms. The summed E-state index contributed by atoms with van der Waals surface area (Å²) in [7, 11) is 0. The van der Waals surface area contributed by atoms with Crippen LogP contribution in [-0.4, -0.2) is 5.91 Å². The molecule has 14 heavy (non-hydrogen) atoms. The molecule has 0 aliphatic rings. The van der Waals surface area contributed by atoms with E-state index in [4.69, 9.17) is 5.73 Å². The molecule has 0 heterocycles. The Bertz CT molecular complexity index is 219. The fourth-order valence-corrected chi connectivity index (χ4v) is 1.78. The van der Waals surface area contributed by atoms with E-state index in [0.29, 0.717) is 0 Å². The van der Waals surface area contributed by atoms with Crippen LogP contribution in [0.25, 0.3) is 0 Å². The van der Waals surface area contributed by atoms with Crippen LogP contribution in [0.4, 0.5) is 0 Å². The van der Waals surface area contributed by atoms with Gasteiger partial charge in [0.2, 0.25) is 5.91 Å². The van der Waals surface area contributed by atoms with Crippen molar-refractivity contribution < 1.29 is 4.79 Å². The van der Waals surface area contributed by atoms with E-state index in [9.17, 15) is 4.79 Å². The SMILES string of the molecule is CC(C)(C)CC(C)(C(N)=O)C(C)(C)C. The molecule has 0 aromatic rings. The van der Waals surface area contributed by atoms with Crippen molar-refractivity contribution in [3.63, 3.8) is 0 Å². The van der Waals surface area contributed by atoms with Gasteiger partial charge in [-0.25, -0.2) is 0 Å². The van der Waals surface area contributed by atoms with Gasteiger partial charge in [-0.2, -0.15) is 0 Å². The van der Waals surface area contributed by atoms with Crippen LogP contribution in [0.2, 0.25) is 0 Å². The van der Waals surface area contributed by atoms with Gasteiger partial charge in [0.15, 0.2) is 0 Å². The highest BCUT2D eigenvalue weighted by atomic mass is 16.1. The molecule has 0 aromatic carbocycles. The van der Waals surface area contributed by atoms with E-state index in [1.807, 2.05) is 6.92 Å². The molecule has 84 valence electrons. The van der Waals surface area contributed by atoms with E-state index >= 15 is 0 Å². The highest BCUT2D eigenvalue weighted by Crippen LogP contribution is 2.46. The molecular weight excluding hydrogens is 174 g/mol. The maximum Gasteiger partial charge on any atom is 0.223 e. The first-order chi connectivity index (χ1) is 5.90. The fraction of sp³-hybridized carbons (Fsp3) is 0.917. The molecule has 2 nitrogen and oxygen atoms in total. The fourth-order valence-electron chi connectivity index (χ4n) is 1.78. The number of amides is 1. The molecular formula is C12H25NO. The minimum absolute atomic E-state index is 0.0912. The smallest absolute Gasteiger partial charge is 0.223 e. The molecule has 0 fully saturated rings. The van der Waals surface area contributed by atoms with Gasteiger partial charge in [0.1, 0.15) is 0 Å². The average molecular weight is 199 g/mol. The zero-order chi connectivity index (χ0) is 11.8. The second-order valence-electron chi connectivity index (χ2n) is 6.68. The highest BCUT2D eigenvalue weighted by molar-refractivity contribution is 5.81. The van der Waals surface area contributed by atoms with E-state index < -0.39 is 5.41 Å². The number of hydrogen-bond acceptors (Lipinski definition) is 1. The first kappa shape index (κ1) is 13.5. The minimum Gasteiger partial charge on any atom is -0.369 e. The van der Waals surface area contributed by atoms with Crippen molar-refractivity contribution in [1.82, 2.24) is 0 Å². The summed E-state index contributed by atoms with van der Waals surface area (Å²) in [6, 6.07) is 0. The van der Waals surface area contributed by atoms with Gasteiger partial charge in [-0.3, -0.25) is 4.79 Å². The van der Waals surface area contributed by atoms with E-state index in [-0.39, 0.29) is 16.7 Å². The molecule has 1 atom stereocenters. The summed E-state index contributed by atoms with van der Waals surface area (Å²) in [6.07, 6.45) is 0.818. The summed E-state index contributed by atoms with van der Waals surface area (Å²) in [5.74, 6) is -0.195. The van der Waals surface area contributed by atoms with Gasteiger partial charge >= 0.3 is 0 Å². The van der Waals surface area contributed by atoms with Crippen molar-refractivity contribution in [3.8, 4) is 0 Å². The largest absolute Gasteiger partial charge is 0.369 e. The van der Waals surface area contributed by atoms with Crippen LogP contribution in [0, 0.1) is 16.2 Å². The quantitative estimate of drug-likeness (QED) is 0.730. The van der Waals surface area contributed by atoms with E-state index in [2.05, 4.69) is 41.5 Å². The molecule has 0 saturated heterocycles. The van der Waals surface area contributed by atoms with Crippen LogP contribution in [0.5, 0.6) is 0 Å². The molecule has 1 unspecified atom stereocenters. The Balaban J connectivity index is 5.04. The van der Waals surface area contributed by atoms with Gasteiger partial charge in [0.25, 0.3) is 0 Å². The standard InChI is InChI=1S/C12H25NO/c1-10(2,3)8-12(7,9(13)14)11(4,5)6/h8H2,1-7H3,(H2,13,14). The van der Waals surface area contributed by atoms with Crippen molar-refractivity contribution in [2.24, 2.45) is 22.0 Å². The predicted molar refractivity (Wildman–Crippen MR) is 60.8 cm³/mol. The number of carbonyl (C=O) groups excluding carboxylic acids is 1. The average Bonchev–Trinajstić information content (AvgIpc) is 1.79. The lowest BCUT2D eigenvalue weighted by Gasteiger charge is -2.43. The van der Waals surface area contributed by atoms with Gasteiger partial charge in [-0.05, 0) is 17.3 Å². The van der Waals surface area contributed by atoms with Crippen molar-refractivity contribution in [3.05, 3.63) is 0 Å². The molecule has 0 rings (SSSR count). The second-order valence-corrected chi connectivity index (χ2v) is 6.68. The lowest BCUT2D eigenvalue weighted by Crippen LogP contribution is -2.46. The molecule has 2 N–H and O–H groups in total. The third-order valence-electron chi connectivity index (χ3n) is 3.08. The zero-order valence-electron chi connectivity index (χ0n) is 10.7. The van der Waals surface area contributed by atoms with Crippen LogP contribution in [-0.2, 0) is 4.79 Å². The minimum atomic E-state index is -0.439. The molecule has 0 aliphatic heterocycles. The van der Waals surface area contributed by atoms with E-state index in [1.54, 1.807) is 0 Å². The van der Waals surface area contributed by atoms with Crippen molar-refractivity contribution in [1.29, 1.82) is 0 Å². The molecule has 0 aromatic heterocycles. The Hall–Kier alpha value is -0.530. The third-order valence-corrected chi connectivity index (χ3v) is 3.08. The summed E-state index contributed by atoms with van der Waals surface area (Å²) in [5, 5.41) is 0. The third kappa shape index (κ3) is 3.00. The van der Waals surface area contributed by atoms with Crippen LogP contribution in [0.1, 0.15) is 54.9 Å². The Labute approximate surface area is 88.3 Å². The van der Waals surface area contributed by atoms with Crippen LogP contribution >= 0.6 is 0 Å². The summed E-state index contributed by atoms with van der Waals surface area (Å²) in [4.78, 5) is 11.6. The predicted octanol–water partition coefficient (Wildman–Crippen LogP) is 2.96. The number of carbonyl (C=O) groups is 1. The molecule has 0 radical (unpaired) electrons. The van der Waals surface area contributed by atoms with Gasteiger partial charge in [-0.1, -0.05) is 48.5 Å². The Kier molecular flexibility index (Phi) is 3.42. The molecule has 0 bridgehead atoms. The van der Waals surface area contributed by atoms with Crippen molar-refractivity contribution in [2.45, 2.75) is 54.9 Å². The summed E-state index contributed by atoms with van der Waals surface area (Å²) in [6.45, 7) is 14.6. The number of nitrogens with two attached hydrogens (primary N) is 1. The van der Waals surface area contributed by atoms with Crippen LogP contribution < -0.4 is 5.73 Å². The van der Waals surface area contributed by atoms with Gasteiger partial charge < -0.3 is 5.73 Å². The van der Waals surface area contributed by atoms with Crippen LogP contribution in [0.15, 0.2) is 0 Å². The molecule has 0 aliphatic carbocycles. The number of hydrogen-bond donors (Lipinski definition) is 1.